The number of nitrogens with zero attached hydrogens (tertiary/aromatic N) is 1. The van der Waals surface area contributed by atoms with Crippen LogP contribution in [0.15, 0.2) is 11.4 Å². The summed E-state index contributed by atoms with van der Waals surface area (Å²) in [5, 5.41) is 20.5. The molecule has 1 amide bonds. The standard InChI is InChI=1S/C13H20F2N2O2.C3H6F2.CHN/c1-16-11(17-12(18)19)10(9-3-2-4-9)5-8-6-13(14,15)7-8;1-2-3(4)5;1-2/h8-9,16-17H,2-7H2,1H3,(H,18,19);3H,2H2,1H3;1H/b11-10-;;. The van der Waals surface area contributed by atoms with Gasteiger partial charge in [0.1, 0.15) is 5.82 Å². The average molecular weight is 381 g/mol. The van der Waals surface area contributed by atoms with Crippen LogP contribution in [0, 0.1) is 23.7 Å². The van der Waals surface area contributed by atoms with Crippen LogP contribution in [0.1, 0.15) is 51.9 Å². The predicted octanol–water partition coefficient (Wildman–Crippen LogP) is 4.72. The molecule has 150 valence electrons. The van der Waals surface area contributed by atoms with Crippen LogP contribution < -0.4 is 10.6 Å². The fraction of sp³-hybridized carbons (Fsp3) is 0.765. The Morgan fingerprint density at radius 1 is 1.31 bits per heavy atom. The van der Waals surface area contributed by atoms with Gasteiger partial charge in [-0.15, -0.1) is 0 Å². The maximum atomic E-state index is 12.9. The first-order chi connectivity index (χ1) is 12.2. The summed E-state index contributed by atoms with van der Waals surface area (Å²) >= 11 is 0. The van der Waals surface area contributed by atoms with Gasteiger partial charge >= 0.3 is 6.09 Å². The molecule has 2 aliphatic carbocycles. The molecule has 0 aromatic rings. The van der Waals surface area contributed by atoms with E-state index in [1.165, 1.54) is 6.92 Å². The lowest BCUT2D eigenvalue weighted by atomic mass is 9.71. The molecule has 3 N–H and O–H groups in total. The van der Waals surface area contributed by atoms with E-state index in [0.717, 1.165) is 24.8 Å². The van der Waals surface area contributed by atoms with Gasteiger partial charge in [-0.3, -0.25) is 5.32 Å². The van der Waals surface area contributed by atoms with Crippen LogP contribution >= 0.6 is 0 Å². The molecule has 0 heterocycles. The summed E-state index contributed by atoms with van der Waals surface area (Å²) in [5.41, 5.74) is 0.969. The van der Waals surface area contributed by atoms with E-state index in [4.69, 9.17) is 10.4 Å². The first-order valence-corrected chi connectivity index (χ1v) is 8.51. The van der Waals surface area contributed by atoms with E-state index in [-0.39, 0.29) is 25.2 Å². The Balaban J connectivity index is 0.000000772. The lowest BCUT2D eigenvalue weighted by molar-refractivity contribution is -0.110. The molecule has 0 radical (unpaired) electrons. The average Bonchev–Trinajstić information content (AvgIpc) is 2.50. The van der Waals surface area contributed by atoms with Crippen LogP contribution in [-0.4, -0.2) is 30.6 Å². The van der Waals surface area contributed by atoms with Crippen molar-refractivity contribution in [2.24, 2.45) is 11.8 Å². The smallest absolute Gasteiger partial charge is 0.410 e. The summed E-state index contributed by atoms with van der Waals surface area (Å²) in [7, 11) is 1.65. The van der Waals surface area contributed by atoms with Crippen LogP contribution in [0.3, 0.4) is 0 Å². The zero-order valence-corrected chi connectivity index (χ0v) is 15.1. The highest BCUT2D eigenvalue weighted by Gasteiger charge is 2.46. The molecular weight excluding hydrogens is 354 g/mol. The first kappa shape index (κ1) is 24.0. The molecule has 0 aliphatic heterocycles. The number of carboxylic acid groups (broad SMARTS) is 1. The van der Waals surface area contributed by atoms with Gasteiger partial charge in [0, 0.05) is 32.9 Å². The van der Waals surface area contributed by atoms with Gasteiger partial charge in [-0.1, -0.05) is 13.3 Å². The number of hydrogen-bond acceptors (Lipinski definition) is 3. The van der Waals surface area contributed by atoms with Crippen LogP contribution in [0.2, 0.25) is 0 Å². The number of amides is 1. The molecule has 5 nitrogen and oxygen atoms in total. The molecule has 0 bridgehead atoms. The second-order valence-electron chi connectivity index (χ2n) is 6.34. The summed E-state index contributed by atoms with van der Waals surface area (Å²) in [6, 6.07) is 0. The number of hydrogen-bond donors (Lipinski definition) is 3. The summed E-state index contributed by atoms with van der Waals surface area (Å²) in [4.78, 5) is 10.8. The van der Waals surface area contributed by atoms with Crippen molar-refractivity contribution in [3.63, 3.8) is 0 Å². The van der Waals surface area contributed by atoms with Crippen LogP contribution in [-0.2, 0) is 0 Å². The largest absolute Gasteiger partial charge is 0.465 e. The van der Waals surface area contributed by atoms with Crippen LogP contribution in [0.5, 0.6) is 0 Å². The quantitative estimate of drug-likeness (QED) is 0.581. The van der Waals surface area contributed by atoms with Gasteiger partial charge < -0.3 is 10.4 Å². The highest BCUT2D eigenvalue weighted by molar-refractivity contribution is 5.67. The first-order valence-electron chi connectivity index (χ1n) is 8.51. The fourth-order valence-corrected chi connectivity index (χ4v) is 2.88. The van der Waals surface area contributed by atoms with E-state index in [2.05, 4.69) is 17.2 Å². The molecule has 9 heteroatoms. The molecule has 2 aliphatic rings. The third-order valence-electron chi connectivity index (χ3n) is 4.39. The summed E-state index contributed by atoms with van der Waals surface area (Å²) in [5.74, 6) is -1.73. The van der Waals surface area contributed by atoms with E-state index >= 15 is 0 Å². The topological polar surface area (TPSA) is 85.2 Å². The highest BCUT2D eigenvalue weighted by Crippen LogP contribution is 2.48. The number of nitriles is 1. The molecule has 0 spiro atoms. The van der Waals surface area contributed by atoms with E-state index < -0.39 is 18.4 Å². The fourth-order valence-electron chi connectivity index (χ4n) is 2.88. The molecule has 0 atom stereocenters. The van der Waals surface area contributed by atoms with Gasteiger partial charge in [0.2, 0.25) is 12.3 Å². The molecule has 0 unspecified atom stereocenters. The van der Waals surface area contributed by atoms with E-state index in [1.54, 1.807) is 7.05 Å². The molecule has 0 saturated heterocycles. The lowest BCUT2D eigenvalue weighted by Crippen LogP contribution is -2.38. The molecule has 0 aromatic heterocycles. The molecule has 0 aromatic carbocycles. The normalized spacial score (nSPS) is 19.4. The predicted molar refractivity (Wildman–Crippen MR) is 89.8 cm³/mol. The van der Waals surface area contributed by atoms with Gasteiger partial charge in [0.25, 0.3) is 0 Å². The molecule has 2 rings (SSSR count). The zero-order valence-electron chi connectivity index (χ0n) is 15.1. The minimum absolute atomic E-state index is 0.0236. The van der Waals surface area contributed by atoms with Crippen molar-refractivity contribution in [1.82, 2.24) is 10.6 Å². The van der Waals surface area contributed by atoms with E-state index in [9.17, 15) is 22.4 Å². The molecule has 26 heavy (non-hydrogen) atoms. The molecule has 2 saturated carbocycles. The third kappa shape index (κ3) is 8.41. The van der Waals surface area contributed by atoms with Crippen LogP contribution in [0.25, 0.3) is 0 Å². The summed E-state index contributed by atoms with van der Waals surface area (Å²) < 4.78 is 47.3. The number of rotatable bonds is 6. The van der Waals surface area contributed by atoms with Gasteiger partial charge in [-0.2, -0.15) is 0 Å². The maximum absolute atomic E-state index is 12.9. The van der Waals surface area contributed by atoms with E-state index in [0.29, 0.717) is 18.2 Å². The van der Waals surface area contributed by atoms with E-state index in [1.807, 2.05) is 0 Å². The van der Waals surface area contributed by atoms with Gasteiger partial charge in [-0.25, -0.2) is 27.6 Å². The Bertz CT molecular complexity index is 484. The summed E-state index contributed by atoms with van der Waals surface area (Å²) in [6.07, 6.45) is 0.307. The second kappa shape index (κ2) is 11.6. The van der Waals surface area contributed by atoms with Crippen molar-refractivity contribution >= 4 is 6.09 Å². The Labute approximate surface area is 151 Å². The van der Waals surface area contributed by atoms with Gasteiger partial charge in [0.05, 0.1) is 0 Å². The number of alkyl halides is 4. The SMILES string of the molecule is C#N.CCC(F)F.CN/C(NC(=O)O)=C(\CC1CC(F)(F)C1)C1CCC1. The Kier molecular flexibility index (Phi) is 10.7. The minimum atomic E-state index is -2.52. The Morgan fingerprint density at radius 3 is 2.08 bits per heavy atom. The Morgan fingerprint density at radius 2 is 1.81 bits per heavy atom. The van der Waals surface area contributed by atoms with Crippen molar-refractivity contribution in [2.45, 2.75) is 64.2 Å². The lowest BCUT2D eigenvalue weighted by Gasteiger charge is -2.39. The molecular formula is C17H27F4N3O2. The maximum Gasteiger partial charge on any atom is 0.410 e. The number of carbonyl (C=O) groups is 1. The number of halogens is 4. The van der Waals surface area contributed by atoms with Crippen molar-refractivity contribution < 1.29 is 27.5 Å². The van der Waals surface area contributed by atoms with Crippen molar-refractivity contribution in [3.8, 4) is 6.57 Å². The summed E-state index contributed by atoms with van der Waals surface area (Å²) in [6.45, 7) is 4.95. The third-order valence-corrected chi connectivity index (χ3v) is 4.39. The van der Waals surface area contributed by atoms with Crippen LogP contribution in [0.4, 0.5) is 22.4 Å². The zero-order chi connectivity index (χ0) is 20.3. The second-order valence-corrected chi connectivity index (χ2v) is 6.34. The van der Waals surface area contributed by atoms with Crippen molar-refractivity contribution in [1.29, 1.82) is 5.26 Å². The monoisotopic (exact) mass is 381 g/mol. The number of allylic oxidation sites excluding steroid dienone is 1. The minimum Gasteiger partial charge on any atom is -0.465 e. The van der Waals surface area contributed by atoms with Gasteiger partial charge in [-0.05, 0) is 36.7 Å². The molecule has 2 fully saturated rings. The Hall–Kier alpha value is -1.98. The highest BCUT2D eigenvalue weighted by atomic mass is 19.3. The van der Waals surface area contributed by atoms with Gasteiger partial charge in [0.15, 0.2) is 0 Å². The van der Waals surface area contributed by atoms with Crippen molar-refractivity contribution in [3.05, 3.63) is 11.4 Å². The van der Waals surface area contributed by atoms with Crippen molar-refractivity contribution in [2.75, 3.05) is 7.05 Å². The number of nitrogens with one attached hydrogen (secondary N) is 2.